The van der Waals surface area contributed by atoms with Crippen LogP contribution in [0.2, 0.25) is 25.7 Å². The summed E-state index contributed by atoms with van der Waals surface area (Å²) in [6.07, 6.45) is 0.871. The molecule has 194 valence electrons. The first-order chi connectivity index (χ1) is 16.2. The van der Waals surface area contributed by atoms with Crippen molar-refractivity contribution < 1.29 is 17.7 Å². The summed E-state index contributed by atoms with van der Waals surface area (Å²) in [7, 11) is -2.87. The summed E-state index contributed by atoms with van der Waals surface area (Å²) in [5.41, 5.74) is 2.03. The number of nitriles is 1. The second-order valence-electron chi connectivity index (χ2n) is 11.6. The topological polar surface area (TPSA) is 93.9 Å². The van der Waals surface area contributed by atoms with E-state index in [1.54, 1.807) is 12.1 Å². The number of rotatable bonds is 10. The highest BCUT2D eigenvalue weighted by molar-refractivity contribution is 7.84. The molecule has 1 aliphatic rings. The van der Waals surface area contributed by atoms with Gasteiger partial charge in [0.05, 0.1) is 38.4 Å². The summed E-state index contributed by atoms with van der Waals surface area (Å²) in [6, 6.07) is 8.53. The summed E-state index contributed by atoms with van der Waals surface area (Å²) in [6.45, 7) is 11.4. The third kappa shape index (κ3) is 7.19. The van der Waals surface area contributed by atoms with Crippen molar-refractivity contribution >= 4 is 30.1 Å². The largest absolute Gasteiger partial charge is 0.361 e. The lowest BCUT2D eigenvalue weighted by atomic mass is 9.75. The van der Waals surface area contributed by atoms with Crippen LogP contribution in [0.25, 0.3) is 11.0 Å². The van der Waals surface area contributed by atoms with E-state index >= 15 is 0 Å². The van der Waals surface area contributed by atoms with Crippen LogP contribution in [0.5, 0.6) is 0 Å². The molecule has 2 atom stereocenters. The fourth-order valence-corrected chi connectivity index (χ4v) is 5.81. The average Bonchev–Trinajstić information content (AvgIpc) is 3.12. The molecule has 1 aliphatic carbocycles. The van der Waals surface area contributed by atoms with Gasteiger partial charge in [-0.3, -0.25) is 5.14 Å². The van der Waals surface area contributed by atoms with E-state index < -0.39 is 29.7 Å². The standard InChI is InChI=1S/C25H38F2N4O2SSi/c1-24(2,34(29)32)15-20(19-8-10-25(26,27)11-9-19)23-30-21-7-6-18(16-28)14-22(21)31(23)17-33-12-13-35(3,4)5/h6-7,14,19-20H,8-13,15,17,29H2,1-5H3/t20-,34?/m0/s1. The van der Waals surface area contributed by atoms with Crippen molar-refractivity contribution in [3.63, 3.8) is 0 Å². The van der Waals surface area contributed by atoms with Crippen molar-refractivity contribution in [2.75, 3.05) is 6.61 Å². The van der Waals surface area contributed by atoms with Gasteiger partial charge in [-0.2, -0.15) is 5.26 Å². The smallest absolute Gasteiger partial charge is 0.248 e. The fraction of sp³-hybridized carbons (Fsp3) is 0.680. The Balaban J connectivity index is 2.04. The molecule has 1 aromatic carbocycles. The van der Waals surface area contributed by atoms with E-state index in [-0.39, 0.29) is 31.4 Å². The molecule has 0 bridgehead atoms. The van der Waals surface area contributed by atoms with Crippen molar-refractivity contribution in [2.45, 2.75) is 95.0 Å². The molecule has 1 saturated carbocycles. The Kier molecular flexibility index (Phi) is 8.57. The van der Waals surface area contributed by atoms with Crippen LogP contribution in [-0.2, 0) is 22.5 Å². The van der Waals surface area contributed by atoms with Crippen LogP contribution in [0.1, 0.15) is 63.3 Å². The first-order valence-electron chi connectivity index (χ1n) is 12.2. The first kappa shape index (κ1) is 27.9. The highest BCUT2D eigenvalue weighted by Gasteiger charge is 2.42. The zero-order chi connectivity index (χ0) is 26.0. The maximum atomic E-state index is 14.0. The van der Waals surface area contributed by atoms with E-state index in [2.05, 4.69) is 25.7 Å². The van der Waals surface area contributed by atoms with E-state index in [9.17, 15) is 18.3 Å². The van der Waals surface area contributed by atoms with E-state index in [1.807, 2.05) is 24.5 Å². The van der Waals surface area contributed by atoms with Gasteiger partial charge in [0.25, 0.3) is 0 Å². The van der Waals surface area contributed by atoms with Gasteiger partial charge in [0.2, 0.25) is 5.92 Å². The van der Waals surface area contributed by atoms with Gasteiger partial charge in [-0.25, -0.2) is 18.0 Å². The van der Waals surface area contributed by atoms with Gasteiger partial charge < -0.3 is 9.30 Å². The highest BCUT2D eigenvalue weighted by atomic mass is 32.2. The lowest BCUT2D eigenvalue weighted by Crippen LogP contribution is -2.37. The molecule has 2 aromatic rings. The molecule has 0 aliphatic heterocycles. The van der Waals surface area contributed by atoms with Gasteiger partial charge in [0.1, 0.15) is 12.6 Å². The minimum Gasteiger partial charge on any atom is -0.361 e. The number of imidazole rings is 1. The third-order valence-electron chi connectivity index (χ3n) is 7.04. The number of alkyl halides is 2. The molecular weight excluding hydrogens is 486 g/mol. The number of nitrogens with two attached hydrogens (primary N) is 1. The van der Waals surface area contributed by atoms with Crippen LogP contribution in [-0.4, -0.2) is 39.1 Å². The normalized spacial score (nSPS) is 18.9. The molecule has 35 heavy (non-hydrogen) atoms. The van der Waals surface area contributed by atoms with Crippen molar-refractivity contribution in [1.82, 2.24) is 9.55 Å². The Morgan fingerprint density at radius 3 is 2.57 bits per heavy atom. The number of hydrogen-bond donors (Lipinski definition) is 1. The van der Waals surface area contributed by atoms with Crippen LogP contribution in [0, 0.1) is 17.2 Å². The molecule has 6 nitrogen and oxygen atoms in total. The predicted octanol–water partition coefficient (Wildman–Crippen LogP) is 5.92. The minimum absolute atomic E-state index is 0.0366. The van der Waals surface area contributed by atoms with Crippen molar-refractivity contribution in [1.29, 1.82) is 5.26 Å². The molecular formula is C25H38F2N4O2SSi. The summed E-state index contributed by atoms with van der Waals surface area (Å²) in [5, 5.41) is 15.3. The maximum Gasteiger partial charge on any atom is 0.248 e. The average molecular weight is 525 g/mol. The van der Waals surface area contributed by atoms with Gasteiger partial charge in [-0.1, -0.05) is 19.6 Å². The summed E-state index contributed by atoms with van der Waals surface area (Å²) >= 11 is 0. The quantitative estimate of drug-likeness (QED) is 0.308. The number of hydrogen-bond acceptors (Lipinski definition) is 4. The third-order valence-corrected chi connectivity index (χ3v) is 10.0. The maximum absolute atomic E-state index is 14.0. The Hall–Kier alpha value is -1.67. The SMILES string of the molecule is CC(C)(C[C@H](c1nc2ccc(C#N)cc2n1COCC[Si](C)(C)C)C1CCC(F)(F)CC1)S(N)=O. The zero-order valence-electron chi connectivity index (χ0n) is 21.4. The van der Waals surface area contributed by atoms with Crippen LogP contribution in [0.3, 0.4) is 0 Å². The Morgan fingerprint density at radius 2 is 2.00 bits per heavy atom. The Bertz CT molecular complexity index is 1100. The number of nitrogens with zero attached hydrogens (tertiary/aromatic N) is 3. The van der Waals surface area contributed by atoms with E-state index in [0.717, 1.165) is 22.9 Å². The van der Waals surface area contributed by atoms with Gasteiger partial charge in [-0.05, 0) is 63.3 Å². The van der Waals surface area contributed by atoms with Gasteiger partial charge in [0, 0.05) is 33.4 Å². The van der Waals surface area contributed by atoms with Gasteiger partial charge in [-0.15, -0.1) is 0 Å². The summed E-state index contributed by atoms with van der Waals surface area (Å²) in [5.74, 6) is -2.16. The lowest BCUT2D eigenvalue weighted by molar-refractivity contribution is -0.0496. The van der Waals surface area contributed by atoms with Gasteiger partial charge in [0.15, 0.2) is 0 Å². The van der Waals surface area contributed by atoms with Crippen LogP contribution >= 0.6 is 0 Å². The second kappa shape index (κ2) is 10.7. The Labute approximate surface area is 210 Å². The van der Waals surface area contributed by atoms with E-state index in [4.69, 9.17) is 14.9 Å². The van der Waals surface area contributed by atoms with Crippen molar-refractivity contribution in [2.24, 2.45) is 11.1 Å². The summed E-state index contributed by atoms with van der Waals surface area (Å²) in [4.78, 5) is 4.93. The minimum atomic E-state index is -2.64. The monoisotopic (exact) mass is 524 g/mol. The van der Waals surface area contributed by atoms with Crippen molar-refractivity contribution in [3.05, 3.63) is 29.6 Å². The zero-order valence-corrected chi connectivity index (χ0v) is 23.3. The lowest BCUT2D eigenvalue weighted by Gasteiger charge is -2.37. The van der Waals surface area contributed by atoms with Crippen LogP contribution < -0.4 is 5.14 Å². The molecule has 1 fully saturated rings. The van der Waals surface area contributed by atoms with E-state index in [1.165, 1.54) is 0 Å². The number of aromatic nitrogens is 2. The molecule has 1 heterocycles. The van der Waals surface area contributed by atoms with Crippen LogP contribution in [0.4, 0.5) is 8.78 Å². The van der Waals surface area contributed by atoms with Gasteiger partial charge >= 0.3 is 0 Å². The summed E-state index contributed by atoms with van der Waals surface area (Å²) < 4.78 is 47.7. The number of halogens is 2. The number of ether oxygens (including phenoxy) is 1. The number of benzene rings is 1. The first-order valence-corrected chi connectivity index (χ1v) is 17.2. The molecule has 0 saturated heterocycles. The molecule has 2 N–H and O–H groups in total. The molecule has 0 amide bonds. The molecule has 1 aromatic heterocycles. The molecule has 0 spiro atoms. The Morgan fingerprint density at radius 1 is 1.34 bits per heavy atom. The number of fused-ring (bicyclic) bond motifs is 1. The second-order valence-corrected chi connectivity index (χ2v) is 18.9. The van der Waals surface area contributed by atoms with E-state index in [0.29, 0.717) is 31.4 Å². The van der Waals surface area contributed by atoms with Crippen molar-refractivity contribution in [3.8, 4) is 6.07 Å². The molecule has 1 unspecified atom stereocenters. The fourth-order valence-electron chi connectivity index (χ4n) is 4.71. The highest BCUT2D eigenvalue weighted by Crippen LogP contribution is 2.46. The van der Waals surface area contributed by atoms with Crippen LogP contribution in [0.15, 0.2) is 18.2 Å². The molecule has 0 radical (unpaired) electrons. The predicted molar refractivity (Wildman–Crippen MR) is 139 cm³/mol. The molecule has 3 rings (SSSR count). The molecule has 10 heteroatoms.